The van der Waals surface area contributed by atoms with Crippen LogP contribution >= 0.6 is 0 Å². The third kappa shape index (κ3) is 9.75. The molecular formula is C43H52N2O4. The number of para-hydroxylation sites is 4. The van der Waals surface area contributed by atoms with Crippen LogP contribution in [0.2, 0.25) is 0 Å². The van der Waals surface area contributed by atoms with Crippen LogP contribution in [0, 0.1) is 0 Å². The number of aryl methyl sites for hydroxylation is 2. The van der Waals surface area contributed by atoms with Crippen LogP contribution in [-0.2, 0) is 12.8 Å². The molecule has 1 aliphatic rings. The number of anilines is 2. The van der Waals surface area contributed by atoms with Gasteiger partial charge in [-0.15, -0.1) is 0 Å². The summed E-state index contributed by atoms with van der Waals surface area (Å²) in [5, 5.41) is 0. The van der Waals surface area contributed by atoms with Gasteiger partial charge in [0.05, 0.1) is 11.4 Å². The lowest BCUT2D eigenvalue weighted by atomic mass is 10.0. The second-order valence-corrected chi connectivity index (χ2v) is 13.0. The number of benzene rings is 4. The van der Waals surface area contributed by atoms with Gasteiger partial charge in [-0.1, -0.05) is 151 Å². The zero-order valence-electron chi connectivity index (χ0n) is 29.4. The minimum atomic E-state index is -0.545. The largest absolute Gasteiger partial charge is 0.421 e. The van der Waals surface area contributed by atoms with Crippen LogP contribution in [0.25, 0.3) is 11.1 Å². The number of carbonyl (C=O) groups excluding carboxylic acids is 2. The van der Waals surface area contributed by atoms with E-state index in [-0.39, 0.29) is 6.67 Å². The van der Waals surface area contributed by atoms with Crippen molar-refractivity contribution < 1.29 is 19.1 Å². The summed E-state index contributed by atoms with van der Waals surface area (Å²) in [6.45, 7) is 4.39. The van der Waals surface area contributed by atoms with Crippen molar-refractivity contribution >= 4 is 23.6 Å². The van der Waals surface area contributed by atoms with Crippen molar-refractivity contribution in [1.29, 1.82) is 0 Å². The highest BCUT2D eigenvalue weighted by Gasteiger charge is 2.33. The third-order valence-corrected chi connectivity index (χ3v) is 9.34. The molecule has 2 amide bonds. The zero-order chi connectivity index (χ0) is 34.3. The van der Waals surface area contributed by atoms with E-state index in [4.69, 9.17) is 9.47 Å². The standard InChI is InChI=1S/C43H52N2O4/c1-3-5-7-9-11-13-23-34-25-15-21-31-40(34)48-42(46)44-33-45(39-30-20-18-28-37(39)36-27-17-19-29-38(36)44)43(47)49-41-32-22-16-26-35(41)24-14-12-10-8-6-4-2/h15-22,25-32H,3-14,23-24,33H2,1-2H3. The lowest BCUT2D eigenvalue weighted by Crippen LogP contribution is -2.46. The molecular weight excluding hydrogens is 608 g/mol. The van der Waals surface area contributed by atoms with E-state index in [0.29, 0.717) is 22.9 Å². The number of rotatable bonds is 16. The summed E-state index contributed by atoms with van der Waals surface area (Å²) >= 11 is 0. The Balaban J connectivity index is 1.36. The summed E-state index contributed by atoms with van der Waals surface area (Å²) < 4.78 is 12.3. The van der Waals surface area contributed by atoms with E-state index in [9.17, 15) is 9.59 Å². The highest BCUT2D eigenvalue weighted by Crippen LogP contribution is 2.41. The van der Waals surface area contributed by atoms with Crippen molar-refractivity contribution in [3.8, 4) is 22.6 Å². The Labute approximate surface area is 293 Å². The van der Waals surface area contributed by atoms with Crippen molar-refractivity contribution in [2.45, 2.75) is 104 Å². The number of hydrogen-bond donors (Lipinski definition) is 0. The van der Waals surface area contributed by atoms with E-state index in [2.05, 4.69) is 13.8 Å². The number of unbranched alkanes of at least 4 members (excludes halogenated alkanes) is 10. The summed E-state index contributed by atoms with van der Waals surface area (Å²) in [6, 6.07) is 31.0. The van der Waals surface area contributed by atoms with E-state index in [0.717, 1.165) is 60.8 Å². The van der Waals surface area contributed by atoms with Crippen LogP contribution in [0.4, 0.5) is 21.0 Å². The van der Waals surface area contributed by atoms with E-state index >= 15 is 0 Å². The fourth-order valence-electron chi connectivity index (χ4n) is 6.59. The van der Waals surface area contributed by atoms with Gasteiger partial charge in [0.2, 0.25) is 0 Å². The molecule has 1 aliphatic heterocycles. The highest BCUT2D eigenvalue weighted by molar-refractivity contribution is 6.04. The Morgan fingerprint density at radius 1 is 0.490 bits per heavy atom. The van der Waals surface area contributed by atoms with Crippen LogP contribution in [0.3, 0.4) is 0 Å². The Kier molecular flexibility index (Phi) is 13.7. The van der Waals surface area contributed by atoms with Gasteiger partial charge in [0.15, 0.2) is 0 Å². The maximum Gasteiger partial charge on any atom is 0.421 e. The van der Waals surface area contributed by atoms with Crippen LogP contribution in [0.5, 0.6) is 11.5 Å². The maximum absolute atomic E-state index is 14.2. The SMILES string of the molecule is CCCCCCCCc1ccccc1OC(=O)N1CN(C(=O)Oc2ccccc2CCCCCCCC)c2ccccc2-c2ccccc21. The predicted octanol–water partition coefficient (Wildman–Crippen LogP) is 12.1. The molecule has 4 aromatic rings. The van der Waals surface area contributed by atoms with Crippen molar-refractivity contribution in [2.75, 3.05) is 16.5 Å². The van der Waals surface area contributed by atoms with Crippen molar-refractivity contribution in [1.82, 2.24) is 0 Å². The molecule has 6 nitrogen and oxygen atoms in total. The summed E-state index contributed by atoms with van der Waals surface area (Å²) in [4.78, 5) is 31.4. The minimum Gasteiger partial charge on any atom is -0.410 e. The predicted molar refractivity (Wildman–Crippen MR) is 201 cm³/mol. The first kappa shape index (κ1) is 35.7. The molecule has 0 spiro atoms. The van der Waals surface area contributed by atoms with Gasteiger partial charge in [-0.2, -0.15) is 0 Å². The van der Waals surface area contributed by atoms with Gasteiger partial charge in [-0.05, 0) is 61.1 Å². The fourth-order valence-corrected chi connectivity index (χ4v) is 6.59. The molecule has 0 aliphatic carbocycles. The van der Waals surface area contributed by atoms with E-state index < -0.39 is 12.2 Å². The lowest BCUT2D eigenvalue weighted by molar-refractivity contribution is 0.202. The van der Waals surface area contributed by atoms with E-state index in [1.165, 1.54) is 51.4 Å². The molecule has 0 atom stereocenters. The van der Waals surface area contributed by atoms with Gasteiger partial charge in [0.1, 0.15) is 18.2 Å². The number of hydrogen-bond acceptors (Lipinski definition) is 4. The molecule has 0 saturated heterocycles. The van der Waals surface area contributed by atoms with Gasteiger partial charge < -0.3 is 9.47 Å². The monoisotopic (exact) mass is 660 g/mol. The highest BCUT2D eigenvalue weighted by atomic mass is 16.6. The minimum absolute atomic E-state index is 0.0646. The average molecular weight is 661 g/mol. The van der Waals surface area contributed by atoms with Crippen LogP contribution in [-0.4, -0.2) is 18.9 Å². The molecule has 49 heavy (non-hydrogen) atoms. The van der Waals surface area contributed by atoms with Crippen LogP contribution in [0.1, 0.15) is 102 Å². The first-order valence-electron chi connectivity index (χ1n) is 18.4. The summed E-state index contributed by atoms with van der Waals surface area (Å²) in [7, 11) is 0. The summed E-state index contributed by atoms with van der Waals surface area (Å²) in [6.07, 6.45) is 14.9. The van der Waals surface area contributed by atoms with Crippen molar-refractivity contribution in [3.63, 3.8) is 0 Å². The van der Waals surface area contributed by atoms with Gasteiger partial charge >= 0.3 is 12.2 Å². The molecule has 0 unspecified atom stereocenters. The Morgan fingerprint density at radius 2 is 0.857 bits per heavy atom. The van der Waals surface area contributed by atoms with Gasteiger partial charge in [0.25, 0.3) is 0 Å². The van der Waals surface area contributed by atoms with Crippen molar-refractivity contribution in [3.05, 3.63) is 108 Å². The molecule has 5 rings (SSSR count). The smallest absolute Gasteiger partial charge is 0.410 e. The lowest BCUT2D eigenvalue weighted by Gasteiger charge is -2.28. The second kappa shape index (κ2) is 18.8. The molecule has 1 heterocycles. The molecule has 0 radical (unpaired) electrons. The maximum atomic E-state index is 14.2. The van der Waals surface area contributed by atoms with Crippen LogP contribution < -0.4 is 19.3 Å². The number of carbonyl (C=O) groups is 2. The third-order valence-electron chi connectivity index (χ3n) is 9.34. The Hall–Kier alpha value is -4.58. The van der Waals surface area contributed by atoms with Gasteiger partial charge in [-0.25, -0.2) is 9.59 Å². The summed E-state index contributed by atoms with van der Waals surface area (Å²) in [5.41, 5.74) is 5.05. The average Bonchev–Trinajstić information content (AvgIpc) is 3.28. The second-order valence-electron chi connectivity index (χ2n) is 13.0. The Morgan fingerprint density at radius 3 is 1.31 bits per heavy atom. The Bertz CT molecular complexity index is 1530. The summed E-state index contributed by atoms with van der Waals surface area (Å²) in [5.74, 6) is 1.11. The first-order valence-corrected chi connectivity index (χ1v) is 18.4. The van der Waals surface area contributed by atoms with E-state index in [1.54, 1.807) is 9.80 Å². The number of fused-ring (bicyclic) bond motifs is 3. The number of ether oxygens (including phenoxy) is 2. The number of amides is 2. The molecule has 0 aromatic heterocycles. The molecule has 6 heteroatoms. The normalized spacial score (nSPS) is 12.2. The first-order chi connectivity index (χ1) is 24.1. The van der Waals surface area contributed by atoms with Crippen LogP contribution in [0.15, 0.2) is 97.1 Å². The molecule has 0 saturated carbocycles. The van der Waals surface area contributed by atoms with Gasteiger partial charge in [-0.3, -0.25) is 9.80 Å². The molecule has 4 aromatic carbocycles. The fraction of sp³-hybridized carbons (Fsp3) is 0.395. The molecule has 0 bridgehead atoms. The zero-order valence-corrected chi connectivity index (χ0v) is 29.4. The van der Waals surface area contributed by atoms with Gasteiger partial charge in [0, 0.05) is 11.1 Å². The topological polar surface area (TPSA) is 59.1 Å². The number of nitrogens with zero attached hydrogens (tertiary/aromatic N) is 2. The molecule has 0 N–H and O–H groups in total. The quantitative estimate of drug-likeness (QED) is 0.112. The molecule has 258 valence electrons. The van der Waals surface area contributed by atoms with Crippen molar-refractivity contribution in [2.24, 2.45) is 0 Å². The molecule has 0 fully saturated rings. The van der Waals surface area contributed by atoms with E-state index in [1.807, 2.05) is 97.1 Å².